The van der Waals surface area contributed by atoms with Gasteiger partial charge in [-0.25, -0.2) is 0 Å². The molecule has 0 bridgehead atoms. The summed E-state index contributed by atoms with van der Waals surface area (Å²) in [6, 6.07) is 6.03. The second-order valence-electron chi connectivity index (χ2n) is 4.71. The Morgan fingerprint density at radius 1 is 1.58 bits per heavy atom. The third-order valence-electron chi connectivity index (χ3n) is 3.24. The minimum absolute atomic E-state index is 0.209. The van der Waals surface area contributed by atoms with E-state index >= 15 is 0 Å². The van der Waals surface area contributed by atoms with Crippen LogP contribution in [0.5, 0.6) is 0 Å². The van der Waals surface area contributed by atoms with Crippen molar-refractivity contribution in [3.05, 3.63) is 28.2 Å². The van der Waals surface area contributed by atoms with Crippen LogP contribution in [0.4, 0.5) is 5.69 Å². The first-order valence-corrected chi connectivity index (χ1v) is 7.27. The fraction of sp³-hybridized carbons (Fsp3) is 0.385. The number of likely N-dealkylation sites (tertiary alicyclic amines) is 1. The van der Waals surface area contributed by atoms with Gasteiger partial charge in [-0.05, 0) is 40.5 Å². The quantitative estimate of drug-likeness (QED) is 0.826. The van der Waals surface area contributed by atoms with Gasteiger partial charge in [0.15, 0.2) is 0 Å². The number of rotatable bonds is 3. The molecule has 0 aromatic heterocycles. The summed E-state index contributed by atoms with van der Waals surface area (Å²) >= 11 is 8.46. The molecule has 1 amide bonds. The molecule has 1 aliphatic rings. The van der Waals surface area contributed by atoms with Crippen molar-refractivity contribution in [1.29, 1.82) is 0 Å². The first-order chi connectivity index (χ1) is 8.97. The van der Waals surface area contributed by atoms with Crippen molar-refractivity contribution in [2.75, 3.05) is 18.9 Å². The highest BCUT2D eigenvalue weighted by atomic mass is 79.9. The maximum absolute atomic E-state index is 11.4. The predicted molar refractivity (Wildman–Crippen MR) is 84.3 cm³/mol. The van der Waals surface area contributed by atoms with Gasteiger partial charge in [0.05, 0.1) is 0 Å². The van der Waals surface area contributed by atoms with Crippen LogP contribution >= 0.6 is 28.1 Å². The lowest BCUT2D eigenvalue weighted by atomic mass is 10.1. The summed E-state index contributed by atoms with van der Waals surface area (Å²) in [4.78, 5) is 13.6. The van der Waals surface area contributed by atoms with Crippen molar-refractivity contribution in [2.24, 2.45) is 5.73 Å². The van der Waals surface area contributed by atoms with E-state index in [4.69, 9.17) is 18.0 Å². The molecule has 1 saturated heterocycles. The highest BCUT2D eigenvalue weighted by molar-refractivity contribution is 9.10. The summed E-state index contributed by atoms with van der Waals surface area (Å²) in [6.45, 7) is 0.725. The average Bonchev–Trinajstić information content (AvgIpc) is 2.36. The summed E-state index contributed by atoms with van der Waals surface area (Å²) < 4.78 is 0.928. The molecule has 4 nitrogen and oxygen atoms in total. The molecule has 6 heteroatoms. The van der Waals surface area contributed by atoms with Crippen LogP contribution < -0.4 is 11.1 Å². The van der Waals surface area contributed by atoms with Crippen LogP contribution in [0.1, 0.15) is 18.4 Å². The zero-order chi connectivity index (χ0) is 14.0. The zero-order valence-corrected chi connectivity index (χ0v) is 13.1. The Hall–Kier alpha value is -1.14. The normalized spacial score (nSPS) is 19.4. The third kappa shape index (κ3) is 3.45. The van der Waals surface area contributed by atoms with E-state index in [1.165, 1.54) is 0 Å². The molecule has 102 valence electrons. The predicted octanol–water partition coefficient (Wildman–Crippen LogP) is 2.12. The molecule has 0 saturated carbocycles. The number of benzene rings is 1. The molecule has 1 unspecified atom stereocenters. The molecule has 19 heavy (non-hydrogen) atoms. The van der Waals surface area contributed by atoms with Crippen LogP contribution in [0.3, 0.4) is 0 Å². The molecule has 1 aliphatic heterocycles. The van der Waals surface area contributed by atoms with Crippen molar-refractivity contribution in [3.63, 3.8) is 0 Å². The third-order valence-corrected chi connectivity index (χ3v) is 4.13. The van der Waals surface area contributed by atoms with E-state index < -0.39 is 0 Å². The fourth-order valence-electron chi connectivity index (χ4n) is 2.14. The summed E-state index contributed by atoms with van der Waals surface area (Å²) in [5.74, 6) is 0.209. The Morgan fingerprint density at radius 3 is 2.89 bits per heavy atom. The lowest BCUT2D eigenvalue weighted by molar-refractivity contribution is -0.132. The number of anilines is 1. The highest BCUT2D eigenvalue weighted by Gasteiger charge is 2.23. The first-order valence-electron chi connectivity index (χ1n) is 6.07. The van der Waals surface area contributed by atoms with Gasteiger partial charge in [0.2, 0.25) is 5.91 Å². The first kappa shape index (κ1) is 14.3. The van der Waals surface area contributed by atoms with E-state index in [2.05, 4.69) is 21.2 Å². The molecule has 1 aromatic rings. The van der Waals surface area contributed by atoms with Gasteiger partial charge >= 0.3 is 0 Å². The lowest BCUT2D eigenvalue weighted by Gasteiger charge is -2.31. The van der Waals surface area contributed by atoms with E-state index in [1.807, 2.05) is 25.2 Å². The number of carbonyl (C=O) groups excluding carboxylic acids is 1. The number of halogens is 1. The molecule has 0 radical (unpaired) electrons. The Morgan fingerprint density at radius 2 is 2.32 bits per heavy atom. The minimum Gasteiger partial charge on any atom is -0.389 e. The minimum atomic E-state index is 0.209. The summed E-state index contributed by atoms with van der Waals surface area (Å²) in [6.07, 6.45) is 1.45. The maximum Gasteiger partial charge on any atom is 0.222 e. The zero-order valence-electron chi connectivity index (χ0n) is 10.6. The summed E-state index contributed by atoms with van der Waals surface area (Å²) in [7, 11) is 1.83. The van der Waals surface area contributed by atoms with Crippen LogP contribution in [-0.2, 0) is 4.79 Å². The number of carbonyl (C=O) groups is 1. The number of hydrogen-bond donors (Lipinski definition) is 2. The molecule has 3 N–H and O–H groups in total. The number of thiocarbonyl (C=S) groups is 1. The van der Waals surface area contributed by atoms with E-state index in [9.17, 15) is 4.79 Å². The Kier molecular flexibility index (Phi) is 4.42. The molecule has 0 aliphatic carbocycles. The van der Waals surface area contributed by atoms with Crippen LogP contribution in [0, 0.1) is 0 Å². The van der Waals surface area contributed by atoms with Gasteiger partial charge in [-0.2, -0.15) is 0 Å². The second kappa shape index (κ2) is 5.88. The van der Waals surface area contributed by atoms with Crippen molar-refractivity contribution >= 4 is 44.7 Å². The average molecular weight is 342 g/mol. The standard InChI is InChI=1S/C13H16BrN3OS/c1-17-7-9(3-5-12(17)18)16-11-4-2-8(13(15)19)6-10(11)14/h2,4,6,9,16H,3,5,7H2,1H3,(H2,15,19). The smallest absolute Gasteiger partial charge is 0.222 e. The van der Waals surface area contributed by atoms with Gasteiger partial charge in [0.1, 0.15) is 4.99 Å². The van der Waals surface area contributed by atoms with Gasteiger partial charge in [-0.3, -0.25) is 4.79 Å². The summed E-state index contributed by atoms with van der Waals surface area (Å²) in [5, 5.41) is 3.44. The number of nitrogens with two attached hydrogens (primary N) is 1. The van der Waals surface area contributed by atoms with Crippen LogP contribution in [0.25, 0.3) is 0 Å². The van der Waals surface area contributed by atoms with Gasteiger partial charge in [0, 0.05) is 41.8 Å². The molecule has 1 fully saturated rings. The molecule has 1 atom stereocenters. The van der Waals surface area contributed by atoms with Crippen molar-refractivity contribution in [3.8, 4) is 0 Å². The molecule has 2 rings (SSSR count). The monoisotopic (exact) mass is 341 g/mol. The van der Waals surface area contributed by atoms with Crippen molar-refractivity contribution < 1.29 is 4.79 Å². The van der Waals surface area contributed by atoms with Gasteiger partial charge in [-0.15, -0.1) is 0 Å². The number of piperidine rings is 1. The van der Waals surface area contributed by atoms with E-state index in [0.29, 0.717) is 11.4 Å². The number of nitrogens with one attached hydrogen (secondary N) is 1. The van der Waals surface area contributed by atoms with Crippen LogP contribution in [0.15, 0.2) is 22.7 Å². The Balaban J connectivity index is 2.07. The summed E-state index contributed by atoms with van der Waals surface area (Å²) in [5.41, 5.74) is 7.43. The van der Waals surface area contributed by atoms with Crippen LogP contribution in [0.2, 0.25) is 0 Å². The second-order valence-corrected chi connectivity index (χ2v) is 6.01. The Bertz CT molecular complexity index is 521. The topological polar surface area (TPSA) is 58.4 Å². The lowest BCUT2D eigenvalue weighted by Crippen LogP contribution is -2.43. The maximum atomic E-state index is 11.4. The number of nitrogens with zero attached hydrogens (tertiary/aromatic N) is 1. The van der Waals surface area contributed by atoms with Crippen LogP contribution in [-0.4, -0.2) is 35.4 Å². The number of hydrogen-bond acceptors (Lipinski definition) is 3. The number of amides is 1. The molecule has 1 heterocycles. The van der Waals surface area contributed by atoms with Crippen molar-refractivity contribution in [2.45, 2.75) is 18.9 Å². The fourth-order valence-corrected chi connectivity index (χ4v) is 2.76. The highest BCUT2D eigenvalue weighted by Crippen LogP contribution is 2.26. The van der Waals surface area contributed by atoms with Gasteiger partial charge in [-0.1, -0.05) is 12.2 Å². The number of likely N-dealkylation sites (N-methyl/N-ethyl adjacent to an activating group) is 1. The molecular formula is C13H16BrN3OS. The largest absolute Gasteiger partial charge is 0.389 e. The van der Waals surface area contributed by atoms with Gasteiger partial charge < -0.3 is 16.0 Å². The van der Waals surface area contributed by atoms with Gasteiger partial charge in [0.25, 0.3) is 0 Å². The molecule has 0 spiro atoms. The molecule has 1 aromatic carbocycles. The van der Waals surface area contributed by atoms with E-state index in [1.54, 1.807) is 4.90 Å². The SMILES string of the molecule is CN1CC(Nc2ccc(C(N)=S)cc2Br)CCC1=O. The van der Waals surface area contributed by atoms with Crippen molar-refractivity contribution in [1.82, 2.24) is 4.90 Å². The Labute approximate surface area is 126 Å². The molecular weight excluding hydrogens is 326 g/mol. The van der Waals surface area contributed by atoms with E-state index in [-0.39, 0.29) is 11.9 Å². The van der Waals surface area contributed by atoms with E-state index in [0.717, 1.165) is 28.7 Å².